The molecule has 0 radical (unpaired) electrons. The molecule has 1 atom stereocenters. The zero-order valence-electron chi connectivity index (χ0n) is 14.4. The van der Waals surface area contributed by atoms with Crippen LogP contribution in [0.4, 0.5) is 4.79 Å². The smallest absolute Gasteiger partial charge is 0.407 e. The summed E-state index contributed by atoms with van der Waals surface area (Å²) in [6.45, 7) is 9.12. The van der Waals surface area contributed by atoms with E-state index in [1.165, 1.54) is 0 Å². The lowest BCUT2D eigenvalue weighted by atomic mass is 10.1. The van der Waals surface area contributed by atoms with Crippen LogP contribution in [0.25, 0.3) is 6.08 Å². The van der Waals surface area contributed by atoms with Crippen LogP contribution in [0.5, 0.6) is 5.75 Å². The predicted molar refractivity (Wildman–Crippen MR) is 92.1 cm³/mol. The molecule has 0 bridgehead atoms. The number of benzene rings is 1. The number of alkyl carbamates (subject to hydrolysis) is 1. The highest BCUT2D eigenvalue weighted by molar-refractivity contribution is 5.69. The lowest BCUT2D eigenvalue weighted by Crippen LogP contribution is -2.42. The fourth-order valence-electron chi connectivity index (χ4n) is 1.90. The van der Waals surface area contributed by atoms with Crippen molar-refractivity contribution in [3.05, 3.63) is 36.4 Å². The number of rotatable bonds is 8. The highest BCUT2D eigenvalue weighted by Crippen LogP contribution is 2.15. The summed E-state index contributed by atoms with van der Waals surface area (Å²) in [6, 6.07) is 6.85. The van der Waals surface area contributed by atoms with E-state index in [4.69, 9.17) is 14.6 Å². The Morgan fingerprint density at radius 3 is 2.67 bits per heavy atom. The van der Waals surface area contributed by atoms with Crippen LogP contribution in [0.3, 0.4) is 0 Å². The minimum absolute atomic E-state index is 0.0729. The van der Waals surface area contributed by atoms with E-state index in [-0.39, 0.29) is 19.4 Å². The fraction of sp³-hybridized carbons (Fsp3) is 0.444. The Kier molecular flexibility index (Phi) is 7.30. The Morgan fingerprint density at radius 1 is 1.38 bits per heavy atom. The van der Waals surface area contributed by atoms with Crippen molar-refractivity contribution in [2.45, 2.75) is 45.3 Å². The van der Waals surface area contributed by atoms with Gasteiger partial charge in [0.25, 0.3) is 0 Å². The predicted octanol–water partition coefficient (Wildman–Crippen LogP) is 3.47. The first-order chi connectivity index (χ1) is 11.2. The number of nitrogens with one attached hydrogen (secondary N) is 1. The second kappa shape index (κ2) is 8.96. The second-order valence-electron chi connectivity index (χ2n) is 6.36. The molecule has 0 aromatic heterocycles. The van der Waals surface area contributed by atoms with Crippen LogP contribution >= 0.6 is 0 Å². The van der Waals surface area contributed by atoms with Crippen molar-refractivity contribution >= 4 is 18.1 Å². The SMILES string of the molecule is C=Cc1cccc(OC[C@H](CCC(=O)O)NC(=O)OC(C)(C)C)c1. The monoisotopic (exact) mass is 335 g/mol. The average Bonchev–Trinajstić information content (AvgIpc) is 2.48. The third-order valence-electron chi connectivity index (χ3n) is 2.97. The van der Waals surface area contributed by atoms with Gasteiger partial charge >= 0.3 is 12.1 Å². The minimum atomic E-state index is -0.931. The third-order valence-corrected chi connectivity index (χ3v) is 2.97. The summed E-state index contributed by atoms with van der Waals surface area (Å²) in [6.07, 6.45) is 1.28. The standard InChI is InChI=1S/C18H25NO5/c1-5-13-7-6-8-15(11-13)23-12-14(9-10-16(20)21)19-17(22)24-18(2,3)4/h5-8,11,14H,1,9-10,12H2,2-4H3,(H,19,22)(H,20,21)/t14-/m0/s1. The molecule has 0 spiro atoms. The maximum atomic E-state index is 11.9. The summed E-state index contributed by atoms with van der Waals surface area (Å²) >= 11 is 0. The van der Waals surface area contributed by atoms with Gasteiger partial charge in [-0.05, 0) is 44.9 Å². The van der Waals surface area contributed by atoms with E-state index in [1.54, 1.807) is 32.9 Å². The molecular weight excluding hydrogens is 310 g/mol. The van der Waals surface area contributed by atoms with E-state index >= 15 is 0 Å². The summed E-state index contributed by atoms with van der Waals surface area (Å²) < 4.78 is 10.9. The van der Waals surface area contributed by atoms with E-state index in [1.807, 2.05) is 18.2 Å². The van der Waals surface area contributed by atoms with Crippen LogP contribution in [0.2, 0.25) is 0 Å². The van der Waals surface area contributed by atoms with Gasteiger partial charge in [0.1, 0.15) is 18.0 Å². The van der Waals surface area contributed by atoms with Gasteiger partial charge in [0, 0.05) is 6.42 Å². The van der Waals surface area contributed by atoms with Crippen LogP contribution < -0.4 is 10.1 Å². The van der Waals surface area contributed by atoms with Gasteiger partial charge in [0.15, 0.2) is 0 Å². The number of hydrogen-bond donors (Lipinski definition) is 2. The molecule has 6 nitrogen and oxygen atoms in total. The minimum Gasteiger partial charge on any atom is -0.491 e. The van der Waals surface area contributed by atoms with Crippen LogP contribution in [-0.4, -0.2) is 35.4 Å². The number of aliphatic carboxylic acids is 1. The van der Waals surface area contributed by atoms with E-state index in [2.05, 4.69) is 11.9 Å². The summed E-state index contributed by atoms with van der Waals surface area (Å²) in [7, 11) is 0. The number of carbonyl (C=O) groups excluding carboxylic acids is 1. The van der Waals surface area contributed by atoms with Crippen LogP contribution in [-0.2, 0) is 9.53 Å². The second-order valence-corrected chi connectivity index (χ2v) is 6.36. The highest BCUT2D eigenvalue weighted by atomic mass is 16.6. The molecule has 0 aliphatic heterocycles. The Morgan fingerprint density at radius 2 is 2.08 bits per heavy atom. The lowest BCUT2D eigenvalue weighted by molar-refractivity contribution is -0.137. The largest absolute Gasteiger partial charge is 0.491 e. The van der Waals surface area contributed by atoms with Crippen LogP contribution in [0.15, 0.2) is 30.8 Å². The van der Waals surface area contributed by atoms with Gasteiger partial charge in [-0.25, -0.2) is 4.79 Å². The summed E-state index contributed by atoms with van der Waals surface area (Å²) in [4.78, 5) is 22.7. The summed E-state index contributed by atoms with van der Waals surface area (Å²) in [5.74, 6) is -0.307. The van der Waals surface area contributed by atoms with Crippen molar-refractivity contribution in [3.8, 4) is 5.75 Å². The molecule has 0 aliphatic carbocycles. The molecule has 0 unspecified atom stereocenters. The van der Waals surface area contributed by atoms with Crippen molar-refractivity contribution in [1.82, 2.24) is 5.32 Å². The van der Waals surface area contributed by atoms with Crippen molar-refractivity contribution < 1.29 is 24.2 Å². The molecule has 0 saturated carbocycles. The number of carboxylic acids is 1. The fourth-order valence-corrected chi connectivity index (χ4v) is 1.90. The van der Waals surface area contributed by atoms with Gasteiger partial charge in [-0.2, -0.15) is 0 Å². The number of carbonyl (C=O) groups is 2. The Bertz CT molecular complexity index is 577. The van der Waals surface area contributed by atoms with Crippen molar-refractivity contribution in [1.29, 1.82) is 0 Å². The maximum Gasteiger partial charge on any atom is 0.407 e. The van der Waals surface area contributed by atoms with Crippen LogP contribution in [0.1, 0.15) is 39.2 Å². The Hall–Kier alpha value is -2.50. The molecule has 1 amide bonds. The number of hydrogen-bond acceptors (Lipinski definition) is 4. The first kappa shape index (κ1) is 19.5. The molecule has 0 aliphatic rings. The molecule has 2 N–H and O–H groups in total. The van der Waals surface area contributed by atoms with Gasteiger partial charge in [-0.15, -0.1) is 0 Å². The molecule has 0 saturated heterocycles. The molecule has 1 aromatic rings. The van der Waals surface area contributed by atoms with Gasteiger partial charge < -0.3 is 19.9 Å². The molecular formula is C18H25NO5. The van der Waals surface area contributed by atoms with Crippen molar-refractivity contribution in [3.63, 3.8) is 0 Å². The molecule has 0 fully saturated rings. The molecule has 6 heteroatoms. The third kappa shape index (κ3) is 8.22. The van der Waals surface area contributed by atoms with Gasteiger partial charge in [0.2, 0.25) is 0 Å². The van der Waals surface area contributed by atoms with E-state index in [0.717, 1.165) is 5.56 Å². The zero-order valence-corrected chi connectivity index (χ0v) is 14.4. The van der Waals surface area contributed by atoms with Gasteiger partial charge in [0.05, 0.1) is 6.04 Å². The van der Waals surface area contributed by atoms with Crippen molar-refractivity contribution in [2.24, 2.45) is 0 Å². The summed E-state index contributed by atoms with van der Waals surface area (Å²) in [5.41, 5.74) is 0.287. The first-order valence-corrected chi connectivity index (χ1v) is 7.76. The topological polar surface area (TPSA) is 84.9 Å². The molecule has 1 aromatic carbocycles. The van der Waals surface area contributed by atoms with E-state index in [9.17, 15) is 9.59 Å². The van der Waals surface area contributed by atoms with E-state index in [0.29, 0.717) is 5.75 Å². The quantitative estimate of drug-likeness (QED) is 0.760. The normalized spacial score (nSPS) is 12.1. The first-order valence-electron chi connectivity index (χ1n) is 7.76. The number of carboxylic acid groups (broad SMARTS) is 1. The van der Waals surface area contributed by atoms with Gasteiger partial charge in [-0.1, -0.05) is 24.8 Å². The molecule has 24 heavy (non-hydrogen) atoms. The number of ether oxygens (including phenoxy) is 2. The summed E-state index contributed by atoms with van der Waals surface area (Å²) in [5, 5.41) is 11.5. The Labute approximate surface area is 142 Å². The highest BCUT2D eigenvalue weighted by Gasteiger charge is 2.20. The molecule has 0 heterocycles. The van der Waals surface area contributed by atoms with Crippen molar-refractivity contribution in [2.75, 3.05) is 6.61 Å². The van der Waals surface area contributed by atoms with Gasteiger partial charge in [-0.3, -0.25) is 4.79 Å². The Balaban J connectivity index is 2.65. The zero-order chi connectivity index (χ0) is 18.2. The molecule has 1 rings (SSSR count). The molecule has 132 valence electrons. The van der Waals surface area contributed by atoms with Crippen LogP contribution in [0, 0.1) is 0 Å². The maximum absolute atomic E-state index is 11.9. The van der Waals surface area contributed by atoms with E-state index < -0.39 is 23.7 Å². The lowest BCUT2D eigenvalue weighted by Gasteiger charge is -2.23. The number of amides is 1. The average molecular weight is 335 g/mol.